The van der Waals surface area contributed by atoms with Crippen molar-refractivity contribution in [1.82, 2.24) is 4.90 Å². The summed E-state index contributed by atoms with van der Waals surface area (Å²) in [5, 5.41) is 75.1. The number of aliphatic carboxylic acids is 4. The van der Waals surface area contributed by atoms with E-state index in [2.05, 4.69) is 0 Å². The third-order valence-electron chi connectivity index (χ3n) is 6.38. The lowest BCUT2D eigenvalue weighted by atomic mass is 9.87. The summed E-state index contributed by atoms with van der Waals surface area (Å²) in [6.45, 7) is 6.09. The fourth-order valence-corrected chi connectivity index (χ4v) is 3.72. The number of ether oxygens (including phenoxy) is 1. The number of aliphatic hydroxyl groups excluding tert-OH is 4. The van der Waals surface area contributed by atoms with Crippen molar-refractivity contribution in [2.45, 2.75) is 63.3 Å². The Hall–Kier alpha value is -5.28. The first-order valence-electron chi connectivity index (χ1n) is 14.2. The Balaban J connectivity index is 0.000000533. The van der Waals surface area contributed by atoms with Crippen molar-refractivity contribution in [1.29, 1.82) is 0 Å². The molecule has 0 aliphatic rings. The number of phenolic OH excluding ortho intramolecular Hbond substituents is 1. The van der Waals surface area contributed by atoms with Gasteiger partial charge in [-0.2, -0.15) is 13.2 Å². The summed E-state index contributed by atoms with van der Waals surface area (Å²) < 4.78 is 51.9. The molecule has 0 amide bonds. The van der Waals surface area contributed by atoms with E-state index in [1.807, 2.05) is 20.8 Å². The van der Waals surface area contributed by atoms with Crippen molar-refractivity contribution in [3.63, 3.8) is 0 Å². The first kappa shape index (κ1) is 43.7. The molecule has 0 aliphatic heterocycles. The number of rotatable bonds is 10. The Morgan fingerprint density at radius 3 is 1.51 bits per heavy atom. The lowest BCUT2D eigenvalue weighted by molar-refractivity contribution is -0.165. The molecule has 51 heavy (non-hydrogen) atoms. The molecule has 0 bridgehead atoms. The average Bonchev–Trinajstić information content (AvgIpc) is 3.01. The van der Waals surface area contributed by atoms with E-state index in [0.29, 0.717) is 0 Å². The van der Waals surface area contributed by atoms with E-state index < -0.39 is 71.4 Å². The molecule has 1 aromatic heterocycles. The summed E-state index contributed by atoms with van der Waals surface area (Å²) in [6, 6.07) is 8.98. The first-order valence-corrected chi connectivity index (χ1v) is 14.2. The summed E-state index contributed by atoms with van der Waals surface area (Å²) in [4.78, 5) is 53.7. The van der Waals surface area contributed by atoms with Crippen molar-refractivity contribution in [3.05, 3.63) is 63.5 Å². The number of nitrogens with zero attached hydrogens (tertiary/aromatic N) is 1. The van der Waals surface area contributed by atoms with Crippen molar-refractivity contribution < 1.29 is 87.5 Å². The zero-order valence-electron chi connectivity index (χ0n) is 27.4. The molecule has 0 radical (unpaired) electrons. The largest absolute Gasteiger partial charge is 0.507 e. The Labute approximate surface area is 285 Å². The highest BCUT2D eigenvalue weighted by Gasteiger charge is 2.41. The molecular formula is C31H36F3NO16. The number of carbonyl (C=O) groups is 4. The summed E-state index contributed by atoms with van der Waals surface area (Å²) in [5.41, 5.74) is -0.381. The van der Waals surface area contributed by atoms with E-state index in [1.54, 1.807) is 31.1 Å². The highest BCUT2D eigenvalue weighted by molar-refractivity contribution is 5.84. The fraction of sp³-hybridized carbons (Fsp3) is 0.387. The molecule has 0 saturated carbocycles. The smallest absolute Gasteiger partial charge is 0.453 e. The zero-order valence-corrected chi connectivity index (χ0v) is 27.4. The standard InChI is InChI=1S/C23H24F3NO4.2C4H6O6/c1-22(2,3)13-6-8-14(9-7-13)30-20-18(29)15-10-11-17(28)16(12-27(4)5)19(15)31-21(20)23(24,25)26;2*5-1(3(7)8)2(6)4(9)10/h6-11,28H,12H2,1-5H3;2*1-2,5-6H,(H,7,8)(H,9,10). The van der Waals surface area contributed by atoms with Crippen LogP contribution in [-0.2, 0) is 37.3 Å². The van der Waals surface area contributed by atoms with Crippen LogP contribution in [0, 0.1) is 0 Å². The van der Waals surface area contributed by atoms with Crippen LogP contribution in [0.5, 0.6) is 17.2 Å². The molecule has 9 N–H and O–H groups in total. The third kappa shape index (κ3) is 12.2. The van der Waals surface area contributed by atoms with E-state index in [-0.39, 0.29) is 40.0 Å². The fourth-order valence-electron chi connectivity index (χ4n) is 3.72. The van der Waals surface area contributed by atoms with Crippen molar-refractivity contribution in [3.8, 4) is 17.2 Å². The van der Waals surface area contributed by atoms with Gasteiger partial charge >= 0.3 is 30.1 Å². The lowest BCUT2D eigenvalue weighted by Crippen LogP contribution is -2.39. The maximum Gasteiger partial charge on any atom is 0.453 e. The highest BCUT2D eigenvalue weighted by atomic mass is 19.4. The van der Waals surface area contributed by atoms with Crippen LogP contribution in [0.25, 0.3) is 11.0 Å². The molecule has 0 aliphatic carbocycles. The van der Waals surface area contributed by atoms with Crippen LogP contribution < -0.4 is 10.2 Å². The molecular weight excluding hydrogens is 699 g/mol. The number of carboxylic acids is 4. The lowest BCUT2D eigenvalue weighted by Gasteiger charge is -2.19. The van der Waals surface area contributed by atoms with Gasteiger partial charge in [-0.25, -0.2) is 19.2 Å². The number of benzene rings is 2. The molecule has 17 nitrogen and oxygen atoms in total. The number of phenols is 1. The number of hydrogen-bond donors (Lipinski definition) is 9. The van der Waals surface area contributed by atoms with Gasteiger partial charge in [-0.05, 0) is 49.3 Å². The Morgan fingerprint density at radius 2 is 1.18 bits per heavy atom. The number of fused-ring (bicyclic) bond motifs is 1. The Morgan fingerprint density at radius 1 is 0.765 bits per heavy atom. The number of aliphatic hydroxyl groups is 4. The van der Waals surface area contributed by atoms with Gasteiger partial charge in [0, 0.05) is 6.54 Å². The molecule has 20 heteroatoms. The Bertz CT molecular complexity index is 1690. The normalized spacial score (nSPS) is 13.8. The van der Waals surface area contributed by atoms with Crippen LogP contribution in [0.3, 0.4) is 0 Å². The monoisotopic (exact) mass is 735 g/mol. The molecule has 0 fully saturated rings. The minimum atomic E-state index is -4.98. The number of alkyl halides is 3. The van der Waals surface area contributed by atoms with E-state index in [0.717, 1.165) is 5.56 Å². The van der Waals surface area contributed by atoms with Crippen LogP contribution in [0.2, 0.25) is 0 Å². The number of halogens is 3. The molecule has 1 heterocycles. The van der Waals surface area contributed by atoms with E-state index >= 15 is 0 Å². The van der Waals surface area contributed by atoms with Crippen LogP contribution >= 0.6 is 0 Å². The quantitative estimate of drug-likeness (QED) is 0.142. The van der Waals surface area contributed by atoms with E-state index in [4.69, 9.17) is 50.0 Å². The van der Waals surface area contributed by atoms with Crippen LogP contribution in [0.1, 0.15) is 37.7 Å². The zero-order chi connectivity index (χ0) is 39.8. The van der Waals surface area contributed by atoms with Gasteiger partial charge in [-0.15, -0.1) is 0 Å². The van der Waals surface area contributed by atoms with Gasteiger partial charge in [0.15, 0.2) is 24.4 Å². The second-order valence-electron chi connectivity index (χ2n) is 11.8. The van der Waals surface area contributed by atoms with Gasteiger partial charge in [0.05, 0.1) is 10.9 Å². The van der Waals surface area contributed by atoms with Crippen LogP contribution in [0.4, 0.5) is 13.2 Å². The number of hydrogen-bond acceptors (Lipinski definition) is 13. The first-order chi connectivity index (χ1) is 23.2. The summed E-state index contributed by atoms with van der Waals surface area (Å²) >= 11 is 0. The van der Waals surface area contributed by atoms with E-state index in [9.17, 15) is 42.3 Å². The molecule has 2 aromatic carbocycles. The summed E-state index contributed by atoms with van der Waals surface area (Å²) in [7, 11) is 3.36. The second kappa shape index (κ2) is 17.6. The maximum atomic E-state index is 13.8. The van der Waals surface area contributed by atoms with E-state index in [1.165, 1.54) is 24.3 Å². The number of carboxylic acid groups (broad SMARTS) is 4. The molecule has 3 aromatic rings. The molecule has 282 valence electrons. The third-order valence-corrected chi connectivity index (χ3v) is 6.38. The molecule has 0 spiro atoms. The minimum absolute atomic E-state index is 0.0810. The van der Waals surface area contributed by atoms with Crippen LogP contribution in [0.15, 0.2) is 45.6 Å². The van der Waals surface area contributed by atoms with Gasteiger partial charge in [0.2, 0.25) is 11.2 Å². The minimum Gasteiger partial charge on any atom is -0.507 e. The van der Waals surface area contributed by atoms with Gasteiger partial charge in [-0.1, -0.05) is 32.9 Å². The van der Waals surface area contributed by atoms with Gasteiger partial charge in [-0.3, -0.25) is 4.79 Å². The maximum absolute atomic E-state index is 13.8. The van der Waals surface area contributed by atoms with Crippen molar-refractivity contribution in [2.75, 3.05) is 14.1 Å². The predicted octanol–water partition coefficient (Wildman–Crippen LogP) is 1.42. The molecule has 4 unspecified atom stereocenters. The van der Waals surface area contributed by atoms with Gasteiger partial charge in [0.1, 0.15) is 17.1 Å². The molecule has 0 saturated heterocycles. The average molecular weight is 736 g/mol. The van der Waals surface area contributed by atoms with Gasteiger partial charge < -0.3 is 60.0 Å². The molecule has 3 rings (SSSR count). The predicted molar refractivity (Wildman–Crippen MR) is 166 cm³/mol. The molecule has 4 atom stereocenters. The number of aromatic hydroxyl groups is 1. The topological polar surface area (TPSA) is 293 Å². The van der Waals surface area contributed by atoms with Gasteiger partial charge in [0.25, 0.3) is 5.76 Å². The Kier molecular flexibility index (Phi) is 15.1. The highest BCUT2D eigenvalue weighted by Crippen LogP contribution is 2.40. The van der Waals surface area contributed by atoms with Crippen LogP contribution in [-0.4, -0.2) is 113 Å². The van der Waals surface area contributed by atoms with Crippen molar-refractivity contribution in [2.24, 2.45) is 0 Å². The van der Waals surface area contributed by atoms with Crippen molar-refractivity contribution >= 4 is 34.8 Å². The summed E-state index contributed by atoms with van der Waals surface area (Å²) in [5.74, 6) is -9.74. The SMILES string of the molecule is CN(C)Cc1c(O)ccc2c(=O)c(Oc3ccc(C(C)(C)C)cc3)c(C(F)(F)F)oc12.O=C(O)C(O)C(O)C(=O)O.O=C(O)C(O)C(O)C(=O)O. The second-order valence-corrected chi connectivity index (χ2v) is 11.8. The summed E-state index contributed by atoms with van der Waals surface area (Å²) in [6.07, 6.45) is -14.0.